The van der Waals surface area contributed by atoms with Crippen molar-refractivity contribution in [3.05, 3.63) is 96.6 Å². The average molecular weight is 373 g/mol. The molecule has 3 heteroatoms. The van der Waals surface area contributed by atoms with E-state index in [-0.39, 0.29) is 22.8 Å². The first-order valence-corrected chi connectivity index (χ1v) is 10.3. The molecule has 1 aliphatic rings. The lowest BCUT2D eigenvalue weighted by molar-refractivity contribution is -0.140. The van der Waals surface area contributed by atoms with Crippen LogP contribution in [0.5, 0.6) is 0 Å². The van der Waals surface area contributed by atoms with Crippen molar-refractivity contribution in [1.29, 1.82) is 0 Å². The van der Waals surface area contributed by atoms with Gasteiger partial charge in [0.2, 0.25) is 0 Å². The molecule has 3 aromatic rings. The standard InChI is InChI=1S/C24H21O2S/c25-24-20(17-18-26-24)14-11-19-12-15-23(16-13-19)27(21-7-3-1-4-8-21)22-9-5-2-6-10-22/h1-16,20H,17-18H2/q+1/b14-11+. The van der Waals surface area contributed by atoms with E-state index in [0.717, 1.165) is 12.0 Å². The average Bonchev–Trinajstić information content (AvgIpc) is 3.14. The Morgan fingerprint density at radius 3 is 1.85 bits per heavy atom. The lowest BCUT2D eigenvalue weighted by Gasteiger charge is -2.08. The maximum atomic E-state index is 11.6. The first kappa shape index (κ1) is 17.6. The van der Waals surface area contributed by atoms with Crippen LogP contribution in [-0.2, 0) is 20.4 Å². The molecule has 2 nitrogen and oxygen atoms in total. The highest BCUT2D eigenvalue weighted by Gasteiger charge is 2.28. The number of rotatable bonds is 5. The fraction of sp³-hybridized carbons (Fsp3) is 0.125. The van der Waals surface area contributed by atoms with Gasteiger partial charge < -0.3 is 4.74 Å². The molecule has 1 aliphatic heterocycles. The fourth-order valence-electron chi connectivity index (χ4n) is 3.15. The number of benzene rings is 3. The van der Waals surface area contributed by atoms with Crippen molar-refractivity contribution in [2.75, 3.05) is 6.61 Å². The Bertz CT molecular complexity index is 878. The van der Waals surface area contributed by atoms with Crippen LogP contribution < -0.4 is 0 Å². The highest BCUT2D eigenvalue weighted by Crippen LogP contribution is 2.31. The van der Waals surface area contributed by atoms with E-state index < -0.39 is 0 Å². The summed E-state index contributed by atoms with van der Waals surface area (Å²) in [5.41, 5.74) is 1.10. The number of carbonyl (C=O) groups excluding carboxylic acids is 1. The smallest absolute Gasteiger partial charge is 0.312 e. The molecule has 1 saturated heterocycles. The van der Waals surface area contributed by atoms with Gasteiger partial charge in [0.15, 0.2) is 14.7 Å². The minimum atomic E-state index is -0.133. The van der Waals surface area contributed by atoms with Crippen LogP contribution in [0.2, 0.25) is 0 Å². The van der Waals surface area contributed by atoms with E-state index in [2.05, 4.69) is 84.9 Å². The molecule has 3 aromatic carbocycles. The quantitative estimate of drug-likeness (QED) is 0.445. The minimum absolute atomic E-state index is 0.104. The van der Waals surface area contributed by atoms with Gasteiger partial charge in [-0.1, -0.05) is 48.6 Å². The van der Waals surface area contributed by atoms with Crippen LogP contribution in [0, 0.1) is 5.92 Å². The zero-order valence-electron chi connectivity index (χ0n) is 15.0. The monoisotopic (exact) mass is 373 g/mol. The van der Waals surface area contributed by atoms with Gasteiger partial charge in [-0.15, -0.1) is 0 Å². The van der Waals surface area contributed by atoms with Crippen molar-refractivity contribution in [2.45, 2.75) is 21.1 Å². The van der Waals surface area contributed by atoms with E-state index in [9.17, 15) is 4.79 Å². The molecule has 0 aliphatic carbocycles. The fourth-order valence-corrected chi connectivity index (χ4v) is 5.23. The molecule has 0 bridgehead atoms. The molecular weight excluding hydrogens is 352 g/mol. The van der Waals surface area contributed by atoms with E-state index in [0.29, 0.717) is 6.61 Å². The molecule has 1 heterocycles. The predicted molar refractivity (Wildman–Crippen MR) is 110 cm³/mol. The molecule has 0 saturated carbocycles. The summed E-state index contributed by atoms with van der Waals surface area (Å²) in [6.45, 7) is 0.531. The van der Waals surface area contributed by atoms with Crippen LogP contribution in [0.4, 0.5) is 0 Å². The third-order valence-corrected chi connectivity index (χ3v) is 6.80. The van der Waals surface area contributed by atoms with E-state index >= 15 is 0 Å². The Balaban J connectivity index is 1.61. The largest absolute Gasteiger partial charge is 0.465 e. The van der Waals surface area contributed by atoms with E-state index in [4.69, 9.17) is 4.74 Å². The molecule has 1 fully saturated rings. The molecule has 1 unspecified atom stereocenters. The summed E-state index contributed by atoms with van der Waals surface area (Å²) in [6.07, 6.45) is 4.75. The summed E-state index contributed by atoms with van der Waals surface area (Å²) >= 11 is 0. The van der Waals surface area contributed by atoms with Gasteiger partial charge >= 0.3 is 5.97 Å². The van der Waals surface area contributed by atoms with Crippen LogP contribution in [0.3, 0.4) is 0 Å². The maximum absolute atomic E-state index is 11.6. The summed E-state index contributed by atoms with van der Waals surface area (Å²) in [6, 6.07) is 29.9. The van der Waals surface area contributed by atoms with Gasteiger partial charge in [-0.05, 0) is 60.5 Å². The topological polar surface area (TPSA) is 26.3 Å². The van der Waals surface area contributed by atoms with Crippen molar-refractivity contribution in [3.8, 4) is 0 Å². The van der Waals surface area contributed by atoms with Crippen molar-refractivity contribution < 1.29 is 9.53 Å². The molecule has 0 radical (unpaired) electrons. The van der Waals surface area contributed by atoms with Gasteiger partial charge in [-0.2, -0.15) is 0 Å². The van der Waals surface area contributed by atoms with Gasteiger partial charge in [0, 0.05) is 0 Å². The predicted octanol–water partition coefficient (Wildman–Crippen LogP) is 5.36. The van der Waals surface area contributed by atoms with Crippen molar-refractivity contribution in [1.82, 2.24) is 0 Å². The summed E-state index contributed by atoms with van der Waals surface area (Å²) in [7, 11) is -0.133. The zero-order chi connectivity index (χ0) is 18.5. The second-order valence-electron chi connectivity index (χ2n) is 6.42. The Morgan fingerprint density at radius 1 is 0.778 bits per heavy atom. The van der Waals surface area contributed by atoms with Gasteiger partial charge in [0.1, 0.15) is 0 Å². The van der Waals surface area contributed by atoms with Crippen molar-refractivity contribution in [3.63, 3.8) is 0 Å². The molecule has 1 atom stereocenters. The molecule has 0 aromatic heterocycles. The summed E-state index contributed by atoms with van der Waals surface area (Å²) < 4.78 is 5.01. The number of hydrogen-bond acceptors (Lipinski definition) is 2. The second-order valence-corrected chi connectivity index (χ2v) is 8.45. The van der Waals surface area contributed by atoms with Gasteiger partial charge in [0.25, 0.3) is 0 Å². The molecule has 27 heavy (non-hydrogen) atoms. The molecule has 4 rings (SSSR count). The molecule has 0 N–H and O–H groups in total. The zero-order valence-corrected chi connectivity index (χ0v) is 15.8. The second kappa shape index (κ2) is 8.28. The number of ether oxygens (including phenoxy) is 1. The number of cyclic esters (lactones) is 1. The molecule has 0 amide bonds. The highest BCUT2D eigenvalue weighted by atomic mass is 32.2. The van der Waals surface area contributed by atoms with Crippen LogP contribution in [-0.4, -0.2) is 12.6 Å². The number of esters is 1. The number of hydrogen-bond donors (Lipinski definition) is 0. The third-order valence-electron chi connectivity index (χ3n) is 4.57. The van der Waals surface area contributed by atoms with Crippen LogP contribution in [0.15, 0.2) is 106 Å². The summed E-state index contributed by atoms with van der Waals surface area (Å²) in [4.78, 5) is 15.5. The van der Waals surface area contributed by atoms with Crippen LogP contribution in [0.1, 0.15) is 12.0 Å². The van der Waals surface area contributed by atoms with Gasteiger partial charge in [0.05, 0.1) is 23.4 Å². The Hall–Kier alpha value is -2.78. The number of carbonyl (C=O) groups is 1. The summed E-state index contributed by atoms with van der Waals surface area (Å²) in [5.74, 6) is -0.217. The van der Waals surface area contributed by atoms with Gasteiger partial charge in [-0.25, -0.2) is 0 Å². The highest BCUT2D eigenvalue weighted by molar-refractivity contribution is 7.97. The SMILES string of the molecule is O=C1OCCC1/C=C/c1ccc([S+](c2ccccc2)c2ccccc2)cc1. The Morgan fingerprint density at radius 2 is 1.33 bits per heavy atom. The van der Waals surface area contributed by atoms with E-state index in [1.807, 2.05) is 12.2 Å². The van der Waals surface area contributed by atoms with Crippen molar-refractivity contribution >= 4 is 22.9 Å². The minimum Gasteiger partial charge on any atom is -0.465 e. The lowest BCUT2D eigenvalue weighted by atomic mass is 10.1. The Labute approximate surface area is 162 Å². The first-order chi connectivity index (χ1) is 13.3. The van der Waals surface area contributed by atoms with Crippen LogP contribution in [0.25, 0.3) is 6.08 Å². The van der Waals surface area contributed by atoms with E-state index in [1.54, 1.807) is 0 Å². The summed E-state index contributed by atoms with van der Waals surface area (Å²) in [5, 5.41) is 0. The molecule has 0 spiro atoms. The van der Waals surface area contributed by atoms with Gasteiger partial charge in [-0.3, -0.25) is 4.79 Å². The lowest BCUT2D eigenvalue weighted by Crippen LogP contribution is -2.04. The van der Waals surface area contributed by atoms with Crippen molar-refractivity contribution in [2.24, 2.45) is 5.92 Å². The first-order valence-electron chi connectivity index (χ1n) is 9.10. The molecular formula is C24H21O2S+. The normalized spacial score (nSPS) is 16.8. The van der Waals surface area contributed by atoms with Crippen LogP contribution >= 0.6 is 0 Å². The maximum Gasteiger partial charge on any atom is 0.312 e. The third kappa shape index (κ3) is 4.15. The molecule has 134 valence electrons. The Kier molecular flexibility index (Phi) is 5.40. The van der Waals surface area contributed by atoms with E-state index in [1.165, 1.54) is 14.7 Å².